The molecule has 0 aromatic carbocycles. The summed E-state index contributed by atoms with van der Waals surface area (Å²) < 4.78 is 14.2. The Morgan fingerprint density at radius 2 is 2.37 bits per heavy atom. The van der Waals surface area contributed by atoms with E-state index >= 15 is 0 Å². The molecule has 2 atom stereocenters. The lowest BCUT2D eigenvalue weighted by atomic mass is 9.76. The minimum absolute atomic E-state index is 0.173. The van der Waals surface area contributed by atoms with Crippen molar-refractivity contribution in [3.63, 3.8) is 0 Å². The van der Waals surface area contributed by atoms with E-state index in [0.717, 1.165) is 0 Å². The first kappa shape index (κ1) is 11.2. The fraction of sp³-hybridized carbons (Fsp3) is 0.571. The van der Waals surface area contributed by atoms with Crippen LogP contribution in [0.4, 0.5) is 5.69 Å². The molecule has 1 aromatic heterocycles. The molecule has 3 rings (SSSR count). The van der Waals surface area contributed by atoms with Crippen molar-refractivity contribution >= 4 is 11.6 Å². The number of fused-ring (bicyclic) bond motifs is 1. The third-order valence-electron chi connectivity index (χ3n) is 3.74. The van der Waals surface area contributed by atoms with Crippen LogP contribution in [0.2, 0.25) is 1.41 Å². The lowest BCUT2D eigenvalue weighted by molar-refractivity contribution is -0.136. The second-order valence-corrected chi connectivity index (χ2v) is 6.23. The highest BCUT2D eigenvalue weighted by Gasteiger charge is 2.57. The maximum atomic E-state index is 12.6. The molecular weight excluding hydrogens is 242 g/mol. The number of hydrogen-bond donors (Lipinski definition) is 2. The molecule has 3 heterocycles. The Hall–Kier alpha value is -1.62. The summed E-state index contributed by atoms with van der Waals surface area (Å²) in [6, 6.07) is 3.21. The highest BCUT2D eigenvalue weighted by Crippen LogP contribution is 2.42. The number of amides is 1. The zero-order valence-electron chi connectivity index (χ0n) is 12.4. The molecule has 0 aliphatic carbocycles. The molecule has 0 radical (unpaired) electrons. The number of nitrogens with zero attached hydrogens (tertiary/aromatic N) is 1. The third kappa shape index (κ3) is 1.80. The number of pyridine rings is 1. The van der Waals surface area contributed by atoms with Crippen LogP contribution in [-0.4, -0.2) is 29.1 Å². The molecule has 1 aromatic rings. The number of carbonyl (C=O) groups excluding carboxylic acids is 1. The van der Waals surface area contributed by atoms with Crippen molar-refractivity contribution in [2.45, 2.75) is 38.8 Å². The number of ether oxygens (including phenoxy) is 1. The van der Waals surface area contributed by atoms with Crippen molar-refractivity contribution in [3.8, 4) is 5.88 Å². The average Bonchev–Trinajstić information content (AvgIpc) is 2.69. The van der Waals surface area contributed by atoms with E-state index < -0.39 is 5.60 Å². The van der Waals surface area contributed by atoms with Crippen molar-refractivity contribution in [2.24, 2.45) is 5.41 Å². The van der Waals surface area contributed by atoms with Gasteiger partial charge in [0.15, 0.2) is 0 Å². The van der Waals surface area contributed by atoms with Crippen molar-refractivity contribution in [1.82, 2.24) is 10.3 Å². The van der Waals surface area contributed by atoms with Crippen LogP contribution in [0, 0.1) is 5.41 Å². The van der Waals surface area contributed by atoms with E-state index in [2.05, 4.69) is 10.3 Å². The number of carbonyl (C=O) groups is 1. The molecule has 2 unspecified atom stereocenters. The van der Waals surface area contributed by atoms with E-state index in [1.165, 1.54) is 5.31 Å². The standard InChI is InChI=1S/C14H19N3O2/c1-13(2,3)11-14(6-8-16-11)12(18)17-9-5-4-7-15-10(9)19-14/h4-5,7,11,16H,6,8H2,1-3H3,(H,17,18)/i/hD. The first-order valence-electron chi connectivity index (χ1n) is 7.00. The van der Waals surface area contributed by atoms with Crippen LogP contribution >= 0.6 is 0 Å². The quantitative estimate of drug-likeness (QED) is 0.745. The van der Waals surface area contributed by atoms with Gasteiger partial charge in [0.25, 0.3) is 5.91 Å². The number of hydrogen-bond acceptors (Lipinski definition) is 4. The van der Waals surface area contributed by atoms with Crippen molar-refractivity contribution in [2.75, 3.05) is 11.9 Å². The molecule has 5 nitrogen and oxygen atoms in total. The van der Waals surface area contributed by atoms with Gasteiger partial charge in [0.05, 0.1) is 6.04 Å². The van der Waals surface area contributed by atoms with Gasteiger partial charge in [0.2, 0.25) is 11.5 Å². The van der Waals surface area contributed by atoms with Crippen LogP contribution in [-0.2, 0) is 4.79 Å². The molecule has 0 saturated carbocycles. The van der Waals surface area contributed by atoms with Crippen molar-refractivity contribution < 1.29 is 10.9 Å². The number of nitrogens with one attached hydrogen (secondary N) is 2. The summed E-state index contributed by atoms with van der Waals surface area (Å²) in [6.45, 7) is 6.59. The number of anilines is 1. The highest BCUT2D eigenvalue weighted by molar-refractivity contribution is 6.01. The van der Waals surface area contributed by atoms with Gasteiger partial charge in [-0.25, -0.2) is 4.98 Å². The van der Waals surface area contributed by atoms with Crippen LogP contribution in [0.15, 0.2) is 18.3 Å². The molecule has 1 spiro atoms. The van der Waals surface area contributed by atoms with Gasteiger partial charge in [0.1, 0.15) is 7.10 Å². The smallest absolute Gasteiger partial charge is 0.270 e. The molecular formula is C14H19N3O2. The van der Waals surface area contributed by atoms with Crippen LogP contribution in [0.25, 0.3) is 0 Å². The topological polar surface area (TPSA) is 63.2 Å². The summed E-state index contributed by atoms with van der Waals surface area (Å²) in [5.41, 5.74) is -0.678. The predicted octanol–water partition coefficient (Wildman–Crippen LogP) is 1.56. The predicted molar refractivity (Wildman–Crippen MR) is 72.1 cm³/mol. The van der Waals surface area contributed by atoms with Crippen molar-refractivity contribution in [1.29, 1.82) is 0 Å². The SMILES string of the molecule is [2H]N1CCC2(Oc3ncccc3NC2=O)C1C(C)(C)C. The van der Waals surface area contributed by atoms with Gasteiger partial charge in [-0.2, -0.15) is 0 Å². The molecule has 1 saturated heterocycles. The van der Waals surface area contributed by atoms with E-state index in [1.807, 2.05) is 20.8 Å². The first-order chi connectivity index (χ1) is 9.34. The Morgan fingerprint density at radius 3 is 3.11 bits per heavy atom. The van der Waals surface area contributed by atoms with Crippen LogP contribution in [0.5, 0.6) is 5.88 Å². The van der Waals surface area contributed by atoms with Crippen molar-refractivity contribution in [3.05, 3.63) is 18.3 Å². The maximum absolute atomic E-state index is 12.6. The Bertz CT molecular complexity index is 558. The summed E-state index contributed by atoms with van der Waals surface area (Å²) in [6.07, 6.45) is 2.14. The molecule has 2 N–H and O–H groups in total. The summed E-state index contributed by atoms with van der Waals surface area (Å²) >= 11 is 0. The van der Waals surface area contributed by atoms with Crippen LogP contribution < -0.4 is 15.4 Å². The minimum Gasteiger partial charge on any atom is -0.458 e. The Balaban J connectivity index is 2.06. The zero-order chi connectivity index (χ0) is 14.5. The lowest BCUT2D eigenvalue weighted by Gasteiger charge is -2.42. The molecule has 102 valence electrons. The molecule has 2 aliphatic rings. The first-order valence-corrected chi connectivity index (χ1v) is 6.55. The Kier molecular flexibility index (Phi) is 2.33. The van der Waals surface area contributed by atoms with Gasteiger partial charge < -0.3 is 15.4 Å². The summed E-state index contributed by atoms with van der Waals surface area (Å²) in [5.74, 6) is 0.268. The van der Waals surface area contributed by atoms with Gasteiger partial charge in [0, 0.05) is 12.6 Å². The average molecular weight is 262 g/mol. The minimum atomic E-state index is -1.03. The van der Waals surface area contributed by atoms with Gasteiger partial charge in [-0.1, -0.05) is 20.8 Å². The summed E-state index contributed by atoms with van der Waals surface area (Å²) in [7, 11) is 0. The Labute approximate surface area is 114 Å². The van der Waals surface area contributed by atoms with E-state index in [0.29, 0.717) is 24.5 Å². The van der Waals surface area contributed by atoms with Crippen LogP contribution in [0.3, 0.4) is 0 Å². The van der Waals surface area contributed by atoms with Gasteiger partial charge >= 0.3 is 0 Å². The monoisotopic (exact) mass is 262 g/mol. The normalized spacial score (nSPS) is 31.6. The fourth-order valence-electron chi connectivity index (χ4n) is 2.98. The third-order valence-corrected chi connectivity index (χ3v) is 3.74. The van der Waals surface area contributed by atoms with E-state index in [4.69, 9.17) is 6.15 Å². The van der Waals surface area contributed by atoms with Crippen LogP contribution in [0.1, 0.15) is 27.2 Å². The number of aromatic nitrogens is 1. The highest BCUT2D eigenvalue weighted by atomic mass is 16.5. The maximum Gasteiger partial charge on any atom is 0.270 e. The molecule has 2 aliphatic heterocycles. The van der Waals surface area contributed by atoms with E-state index in [1.54, 1.807) is 18.3 Å². The van der Waals surface area contributed by atoms with Gasteiger partial charge in [-0.15, -0.1) is 0 Å². The summed E-state index contributed by atoms with van der Waals surface area (Å²) in [5, 5.41) is 4.34. The second-order valence-electron chi connectivity index (χ2n) is 6.23. The number of rotatable bonds is 0. The largest absolute Gasteiger partial charge is 0.458 e. The molecule has 0 bridgehead atoms. The molecule has 1 amide bonds. The van der Waals surface area contributed by atoms with Gasteiger partial charge in [-0.3, -0.25) is 4.79 Å². The lowest BCUT2D eigenvalue weighted by Crippen LogP contribution is -2.62. The second kappa shape index (κ2) is 3.93. The Morgan fingerprint density at radius 1 is 1.58 bits per heavy atom. The van der Waals surface area contributed by atoms with E-state index in [9.17, 15) is 4.79 Å². The molecule has 5 heteroatoms. The molecule has 1 fully saturated rings. The summed E-state index contributed by atoms with van der Waals surface area (Å²) in [4.78, 5) is 16.8. The molecule has 19 heavy (non-hydrogen) atoms. The van der Waals surface area contributed by atoms with Gasteiger partial charge in [-0.05, 0) is 24.1 Å². The fourth-order valence-corrected chi connectivity index (χ4v) is 2.98. The zero-order valence-corrected chi connectivity index (χ0v) is 11.4. The van der Waals surface area contributed by atoms with E-state index in [-0.39, 0.29) is 17.4 Å².